The first-order chi connectivity index (χ1) is 19.0. The van der Waals surface area contributed by atoms with Crippen LogP contribution in [0, 0.1) is 0 Å². The number of phosphoric acid groups is 1. The number of phosphoric ester groups is 1. The van der Waals surface area contributed by atoms with Crippen LogP contribution in [0.3, 0.4) is 0 Å². The average Bonchev–Trinajstić information content (AvgIpc) is 2.88. The molecule has 0 fully saturated rings. The van der Waals surface area contributed by atoms with Gasteiger partial charge in [-0.3, -0.25) is 18.6 Å². The number of likely N-dealkylation sites (N-methyl/N-ethyl adjacent to an activating group) is 1. The lowest BCUT2D eigenvalue weighted by Crippen LogP contribution is -2.37. The van der Waals surface area contributed by atoms with Crippen LogP contribution in [-0.2, 0) is 32.7 Å². The van der Waals surface area contributed by atoms with Crippen molar-refractivity contribution in [3.05, 3.63) is 0 Å². The van der Waals surface area contributed by atoms with Crippen molar-refractivity contribution < 1.29 is 42.1 Å². The summed E-state index contributed by atoms with van der Waals surface area (Å²) in [7, 11) is 1.48. The summed E-state index contributed by atoms with van der Waals surface area (Å²) in [4.78, 5) is 34.7. The fraction of sp³-hybridized carbons (Fsp3) is 0.933. The molecule has 0 bridgehead atoms. The van der Waals surface area contributed by atoms with Gasteiger partial charge in [0.25, 0.3) is 0 Å². The van der Waals surface area contributed by atoms with E-state index in [1.165, 1.54) is 64.2 Å². The van der Waals surface area contributed by atoms with Crippen LogP contribution < -0.4 is 0 Å². The molecule has 40 heavy (non-hydrogen) atoms. The van der Waals surface area contributed by atoms with Gasteiger partial charge >= 0.3 is 19.8 Å². The smallest absolute Gasteiger partial charge is 0.462 e. The molecule has 0 aromatic carbocycles. The van der Waals surface area contributed by atoms with Crippen molar-refractivity contribution in [1.82, 2.24) is 0 Å². The number of rotatable bonds is 28. The van der Waals surface area contributed by atoms with E-state index < -0.39 is 26.5 Å². The highest BCUT2D eigenvalue weighted by atomic mass is 31.2. The number of nitrogens with zero attached hydrogens (tertiary/aromatic N) is 1. The van der Waals surface area contributed by atoms with Gasteiger partial charge in [-0.25, -0.2) is 4.57 Å². The van der Waals surface area contributed by atoms with Gasteiger partial charge in [0.15, 0.2) is 6.10 Å². The molecule has 0 aliphatic heterocycles. The van der Waals surface area contributed by atoms with Crippen LogP contribution in [0.5, 0.6) is 0 Å². The van der Waals surface area contributed by atoms with Crippen molar-refractivity contribution in [1.29, 1.82) is 0 Å². The van der Waals surface area contributed by atoms with Gasteiger partial charge in [0.2, 0.25) is 0 Å². The average molecular weight is 595 g/mol. The fourth-order valence-electron chi connectivity index (χ4n) is 4.07. The third-order valence-corrected chi connectivity index (χ3v) is 7.62. The molecule has 1 unspecified atom stereocenters. The molecule has 0 rings (SSSR count). The van der Waals surface area contributed by atoms with Gasteiger partial charge in [0, 0.05) is 12.8 Å². The minimum atomic E-state index is -4.34. The van der Waals surface area contributed by atoms with E-state index >= 15 is 0 Å². The van der Waals surface area contributed by atoms with Crippen molar-refractivity contribution in [2.75, 3.05) is 47.5 Å². The monoisotopic (exact) mass is 594 g/mol. The van der Waals surface area contributed by atoms with Gasteiger partial charge in [-0.2, -0.15) is 0 Å². The summed E-state index contributed by atoms with van der Waals surface area (Å²) in [6.07, 6.45) is 17.4. The molecule has 238 valence electrons. The Kier molecular flexibility index (Phi) is 24.0. The number of unbranched alkanes of at least 4 members (excludes halogenated alkanes) is 14. The Morgan fingerprint density at radius 3 is 1.60 bits per heavy atom. The molecule has 0 aliphatic carbocycles. The highest BCUT2D eigenvalue weighted by Crippen LogP contribution is 2.43. The Balaban J connectivity index is 4.54. The van der Waals surface area contributed by atoms with E-state index in [1.807, 2.05) is 21.1 Å². The molecular weight excluding hydrogens is 533 g/mol. The molecule has 0 aliphatic rings. The van der Waals surface area contributed by atoms with Gasteiger partial charge in [-0.1, -0.05) is 104 Å². The second-order valence-electron chi connectivity index (χ2n) is 11.9. The zero-order valence-corrected chi connectivity index (χ0v) is 27.2. The van der Waals surface area contributed by atoms with Crippen molar-refractivity contribution in [2.45, 2.75) is 136 Å². The van der Waals surface area contributed by atoms with E-state index in [-0.39, 0.29) is 25.6 Å². The maximum atomic E-state index is 12.4. The van der Waals surface area contributed by atoms with Gasteiger partial charge < -0.3 is 18.9 Å². The van der Waals surface area contributed by atoms with E-state index in [2.05, 4.69) is 13.8 Å². The Morgan fingerprint density at radius 2 is 1.12 bits per heavy atom. The lowest BCUT2D eigenvalue weighted by atomic mass is 10.1. The van der Waals surface area contributed by atoms with E-state index in [0.29, 0.717) is 23.9 Å². The topological polar surface area (TPSA) is 108 Å². The van der Waals surface area contributed by atoms with Crippen LogP contribution in [0.15, 0.2) is 0 Å². The van der Waals surface area contributed by atoms with Crippen molar-refractivity contribution in [3.63, 3.8) is 0 Å². The molecule has 9 nitrogen and oxygen atoms in total. The van der Waals surface area contributed by atoms with Crippen molar-refractivity contribution in [3.8, 4) is 0 Å². The van der Waals surface area contributed by atoms with Gasteiger partial charge in [0.1, 0.15) is 19.8 Å². The molecule has 0 aromatic rings. The zero-order valence-electron chi connectivity index (χ0n) is 26.3. The maximum Gasteiger partial charge on any atom is 0.472 e. The number of carbonyl (C=O) groups is 2. The highest BCUT2D eigenvalue weighted by Gasteiger charge is 2.27. The first-order valence-corrected chi connectivity index (χ1v) is 17.3. The molecule has 2 atom stereocenters. The summed E-state index contributed by atoms with van der Waals surface area (Å²) in [5, 5.41) is 0. The standard InChI is InChI=1S/C30H60NO8P/c1-6-8-10-12-14-15-17-19-21-23-30(33)39-28(27-38-40(34,35)37-25-24-31(3,4)5)26-36-29(32)22-20-18-16-13-11-9-7-2/h28H,6-27H2,1-5H3/p+1/t28-/m0/s1. The largest absolute Gasteiger partial charge is 0.472 e. The van der Waals surface area contributed by atoms with E-state index in [9.17, 15) is 19.0 Å². The van der Waals surface area contributed by atoms with Gasteiger partial charge in [-0.05, 0) is 12.8 Å². The summed E-state index contributed by atoms with van der Waals surface area (Å²) in [5.74, 6) is -0.807. The Bertz CT molecular complexity index is 683. The predicted octanol–water partition coefficient (Wildman–Crippen LogP) is 7.34. The third kappa shape index (κ3) is 27.2. The molecule has 1 N–H and O–H groups in total. The molecule has 0 spiro atoms. The highest BCUT2D eigenvalue weighted by molar-refractivity contribution is 7.47. The van der Waals surface area contributed by atoms with Crippen LogP contribution in [0.2, 0.25) is 0 Å². The summed E-state index contributed by atoms with van der Waals surface area (Å²) >= 11 is 0. The van der Waals surface area contributed by atoms with E-state index in [1.54, 1.807) is 0 Å². The lowest BCUT2D eigenvalue weighted by molar-refractivity contribution is -0.870. The van der Waals surface area contributed by atoms with Crippen molar-refractivity contribution >= 4 is 19.8 Å². The third-order valence-electron chi connectivity index (χ3n) is 6.64. The molecule has 0 saturated heterocycles. The molecule has 0 radical (unpaired) electrons. The van der Waals surface area contributed by atoms with Crippen molar-refractivity contribution in [2.24, 2.45) is 0 Å². The summed E-state index contributed by atoms with van der Waals surface area (Å²) in [6, 6.07) is 0. The number of carbonyl (C=O) groups excluding carboxylic acids is 2. The molecular formula is C30H61NO8P+. The maximum absolute atomic E-state index is 12.4. The Labute approximate surface area is 244 Å². The second kappa shape index (κ2) is 24.6. The van der Waals surface area contributed by atoms with Gasteiger partial charge in [-0.15, -0.1) is 0 Å². The number of quaternary nitrogens is 1. The predicted molar refractivity (Wildman–Crippen MR) is 160 cm³/mol. The molecule has 0 aromatic heterocycles. The SMILES string of the molecule is CCCCCCCCCCCC(=O)O[C@@H](COC(=O)CCCCCCCCC)COP(=O)(O)OCC[N+](C)(C)C. The normalized spacial score (nSPS) is 14.1. The van der Waals surface area contributed by atoms with E-state index in [0.717, 1.165) is 32.1 Å². The van der Waals surface area contributed by atoms with E-state index in [4.69, 9.17) is 18.5 Å². The zero-order chi connectivity index (χ0) is 30.1. The van der Waals surface area contributed by atoms with Crippen LogP contribution in [0.4, 0.5) is 0 Å². The van der Waals surface area contributed by atoms with Crippen LogP contribution >= 0.6 is 7.82 Å². The number of hydrogen-bond donors (Lipinski definition) is 1. The second-order valence-corrected chi connectivity index (χ2v) is 13.3. The fourth-order valence-corrected chi connectivity index (χ4v) is 4.81. The molecule has 0 heterocycles. The van der Waals surface area contributed by atoms with Crippen LogP contribution in [0.1, 0.15) is 129 Å². The number of esters is 2. The molecule has 0 amide bonds. The number of hydrogen-bond acceptors (Lipinski definition) is 7. The summed E-state index contributed by atoms with van der Waals surface area (Å²) in [5.41, 5.74) is 0. The minimum Gasteiger partial charge on any atom is -0.462 e. The first kappa shape index (κ1) is 39.0. The quantitative estimate of drug-likeness (QED) is 0.0434. The Morgan fingerprint density at radius 1 is 0.675 bits per heavy atom. The first-order valence-electron chi connectivity index (χ1n) is 15.8. The molecule has 0 saturated carbocycles. The summed E-state index contributed by atoms with van der Waals surface area (Å²) < 4.78 is 33.8. The minimum absolute atomic E-state index is 0.0355. The van der Waals surface area contributed by atoms with Crippen LogP contribution in [0.25, 0.3) is 0 Å². The van der Waals surface area contributed by atoms with Gasteiger partial charge in [0.05, 0.1) is 27.7 Å². The lowest BCUT2D eigenvalue weighted by Gasteiger charge is -2.24. The van der Waals surface area contributed by atoms with Crippen LogP contribution in [-0.4, -0.2) is 74.9 Å². The Hall–Kier alpha value is -0.990. The number of ether oxygens (including phenoxy) is 2. The summed E-state index contributed by atoms with van der Waals surface area (Å²) in [6.45, 7) is 4.32. The molecule has 10 heteroatoms.